The lowest BCUT2D eigenvalue weighted by Gasteiger charge is -2.14. The van der Waals surface area contributed by atoms with E-state index in [1.807, 2.05) is 12.1 Å². The number of ether oxygens (including phenoxy) is 2. The first-order valence-electron chi connectivity index (χ1n) is 11.2. The minimum absolute atomic E-state index is 0.282. The summed E-state index contributed by atoms with van der Waals surface area (Å²) in [5, 5.41) is 0. The molecule has 1 aromatic rings. The standard InChI is InChI=1S/C24H38O4/c1-4-7-8-9-10-11-12-13-14-15-17-20-18-16-19-21(27-22(25)5-2)24(20)28-23(26)6-3/h16,18-19H,4-15,17H2,1-3H3. The van der Waals surface area contributed by atoms with E-state index in [0.717, 1.165) is 24.8 Å². The van der Waals surface area contributed by atoms with Crippen molar-refractivity contribution in [3.8, 4) is 11.5 Å². The van der Waals surface area contributed by atoms with Crippen molar-refractivity contribution in [1.82, 2.24) is 0 Å². The normalized spacial score (nSPS) is 10.7. The highest BCUT2D eigenvalue weighted by Crippen LogP contribution is 2.33. The Morgan fingerprint density at radius 3 is 1.82 bits per heavy atom. The second-order valence-electron chi connectivity index (χ2n) is 7.33. The van der Waals surface area contributed by atoms with Crippen molar-refractivity contribution in [3.05, 3.63) is 23.8 Å². The van der Waals surface area contributed by atoms with E-state index in [0.29, 0.717) is 11.5 Å². The molecule has 28 heavy (non-hydrogen) atoms. The van der Waals surface area contributed by atoms with Gasteiger partial charge in [0.25, 0.3) is 0 Å². The smallest absolute Gasteiger partial charge is 0.311 e. The summed E-state index contributed by atoms with van der Waals surface area (Å²) in [6.45, 7) is 5.75. The van der Waals surface area contributed by atoms with E-state index in [4.69, 9.17) is 9.47 Å². The predicted octanol–water partition coefficient (Wildman–Crippen LogP) is 6.78. The van der Waals surface area contributed by atoms with E-state index in [9.17, 15) is 9.59 Å². The van der Waals surface area contributed by atoms with Crippen LogP contribution in [-0.4, -0.2) is 11.9 Å². The summed E-state index contributed by atoms with van der Waals surface area (Å²) in [7, 11) is 0. The Kier molecular flexibility index (Phi) is 13.1. The summed E-state index contributed by atoms with van der Waals surface area (Å²) >= 11 is 0. The van der Waals surface area contributed by atoms with Crippen LogP contribution in [0.25, 0.3) is 0 Å². The molecule has 0 heterocycles. The van der Waals surface area contributed by atoms with Gasteiger partial charge >= 0.3 is 11.9 Å². The molecular weight excluding hydrogens is 352 g/mol. The lowest BCUT2D eigenvalue weighted by molar-refractivity contribution is -0.136. The van der Waals surface area contributed by atoms with Crippen LogP contribution >= 0.6 is 0 Å². The van der Waals surface area contributed by atoms with Gasteiger partial charge < -0.3 is 9.47 Å². The van der Waals surface area contributed by atoms with Crippen LogP contribution in [0.2, 0.25) is 0 Å². The maximum atomic E-state index is 11.8. The summed E-state index contributed by atoms with van der Waals surface area (Å²) in [6, 6.07) is 5.50. The first-order valence-corrected chi connectivity index (χ1v) is 11.2. The average Bonchev–Trinajstić information content (AvgIpc) is 2.71. The van der Waals surface area contributed by atoms with Crippen LogP contribution in [0.15, 0.2) is 18.2 Å². The number of aryl methyl sites for hydroxylation is 1. The summed E-state index contributed by atoms with van der Waals surface area (Å²) in [6.07, 6.45) is 14.2. The topological polar surface area (TPSA) is 52.6 Å². The molecule has 0 amide bonds. The molecule has 0 unspecified atom stereocenters. The van der Waals surface area contributed by atoms with Gasteiger partial charge in [-0.05, 0) is 24.5 Å². The Bertz CT molecular complexity index is 580. The maximum Gasteiger partial charge on any atom is 0.311 e. The highest BCUT2D eigenvalue weighted by molar-refractivity contribution is 5.76. The maximum absolute atomic E-state index is 11.8. The Balaban J connectivity index is 2.49. The number of benzene rings is 1. The molecule has 0 N–H and O–H groups in total. The van der Waals surface area contributed by atoms with Crippen LogP contribution in [0, 0.1) is 0 Å². The Morgan fingerprint density at radius 2 is 1.25 bits per heavy atom. The second-order valence-corrected chi connectivity index (χ2v) is 7.33. The first-order chi connectivity index (χ1) is 13.6. The zero-order chi connectivity index (χ0) is 20.6. The van der Waals surface area contributed by atoms with Gasteiger partial charge in [0.05, 0.1) is 0 Å². The van der Waals surface area contributed by atoms with Crippen molar-refractivity contribution in [2.75, 3.05) is 0 Å². The molecule has 0 radical (unpaired) electrons. The number of esters is 2. The molecule has 0 saturated carbocycles. The van der Waals surface area contributed by atoms with Crippen LogP contribution < -0.4 is 9.47 Å². The summed E-state index contributed by atoms with van der Waals surface area (Å²) in [5.74, 6) is 0.111. The summed E-state index contributed by atoms with van der Waals surface area (Å²) in [5.41, 5.74) is 0.933. The van der Waals surface area contributed by atoms with Crippen molar-refractivity contribution in [2.24, 2.45) is 0 Å². The zero-order valence-corrected chi connectivity index (χ0v) is 18.1. The summed E-state index contributed by atoms with van der Waals surface area (Å²) < 4.78 is 10.9. The predicted molar refractivity (Wildman–Crippen MR) is 114 cm³/mol. The molecule has 0 aromatic heterocycles. The molecule has 0 atom stereocenters. The molecule has 0 aliphatic carbocycles. The van der Waals surface area contributed by atoms with Crippen LogP contribution in [0.5, 0.6) is 11.5 Å². The van der Waals surface area contributed by atoms with Gasteiger partial charge in [-0.15, -0.1) is 0 Å². The third-order valence-corrected chi connectivity index (χ3v) is 4.88. The van der Waals surface area contributed by atoms with Crippen molar-refractivity contribution in [1.29, 1.82) is 0 Å². The molecule has 0 saturated heterocycles. The molecule has 0 spiro atoms. The van der Waals surface area contributed by atoms with E-state index in [2.05, 4.69) is 6.92 Å². The Labute approximate surface area is 171 Å². The molecular formula is C24H38O4. The van der Waals surface area contributed by atoms with Gasteiger partial charge in [0, 0.05) is 12.8 Å². The third kappa shape index (κ3) is 9.91. The fourth-order valence-corrected chi connectivity index (χ4v) is 3.14. The van der Waals surface area contributed by atoms with E-state index in [-0.39, 0.29) is 24.8 Å². The van der Waals surface area contributed by atoms with E-state index >= 15 is 0 Å². The minimum atomic E-state index is -0.329. The highest BCUT2D eigenvalue weighted by Gasteiger charge is 2.16. The molecule has 4 nitrogen and oxygen atoms in total. The molecule has 0 aliphatic heterocycles. The number of hydrogen-bond donors (Lipinski definition) is 0. The van der Waals surface area contributed by atoms with Gasteiger partial charge in [0.15, 0.2) is 11.5 Å². The molecule has 1 aromatic carbocycles. The molecule has 158 valence electrons. The number of unbranched alkanes of at least 4 members (excludes halogenated alkanes) is 9. The average molecular weight is 391 g/mol. The fourth-order valence-electron chi connectivity index (χ4n) is 3.14. The fraction of sp³-hybridized carbons (Fsp3) is 0.667. The Morgan fingerprint density at radius 1 is 0.714 bits per heavy atom. The number of carbonyl (C=O) groups excluding carboxylic acids is 2. The van der Waals surface area contributed by atoms with Gasteiger partial charge in [-0.1, -0.05) is 90.7 Å². The Hall–Kier alpha value is -1.84. The van der Waals surface area contributed by atoms with Crippen LogP contribution in [0.4, 0.5) is 0 Å². The first kappa shape index (κ1) is 24.2. The number of carbonyl (C=O) groups is 2. The van der Waals surface area contributed by atoms with Crippen molar-refractivity contribution in [2.45, 2.75) is 104 Å². The quantitative estimate of drug-likeness (QED) is 0.188. The molecule has 0 fully saturated rings. The lowest BCUT2D eigenvalue weighted by Crippen LogP contribution is -2.12. The molecule has 1 rings (SSSR count). The molecule has 0 bridgehead atoms. The number of rotatable bonds is 15. The number of para-hydroxylation sites is 1. The van der Waals surface area contributed by atoms with Crippen molar-refractivity contribution >= 4 is 11.9 Å². The second kappa shape index (κ2) is 15.1. The lowest BCUT2D eigenvalue weighted by atomic mass is 10.0. The molecule has 4 heteroatoms. The summed E-state index contributed by atoms with van der Waals surface area (Å²) in [4.78, 5) is 23.5. The SMILES string of the molecule is CCCCCCCCCCCCc1cccc(OC(=O)CC)c1OC(=O)CC. The minimum Gasteiger partial charge on any atom is -0.423 e. The van der Waals surface area contributed by atoms with Gasteiger partial charge in [0.2, 0.25) is 0 Å². The van der Waals surface area contributed by atoms with Gasteiger partial charge in [-0.2, -0.15) is 0 Å². The van der Waals surface area contributed by atoms with Crippen molar-refractivity contribution < 1.29 is 19.1 Å². The zero-order valence-electron chi connectivity index (χ0n) is 18.1. The van der Waals surface area contributed by atoms with Crippen LogP contribution in [0.1, 0.15) is 103 Å². The van der Waals surface area contributed by atoms with Gasteiger partial charge in [-0.25, -0.2) is 0 Å². The van der Waals surface area contributed by atoms with Crippen molar-refractivity contribution in [3.63, 3.8) is 0 Å². The monoisotopic (exact) mass is 390 g/mol. The van der Waals surface area contributed by atoms with Gasteiger partial charge in [-0.3, -0.25) is 9.59 Å². The van der Waals surface area contributed by atoms with E-state index in [1.165, 1.54) is 51.4 Å². The molecule has 0 aliphatic rings. The third-order valence-electron chi connectivity index (χ3n) is 4.88. The van der Waals surface area contributed by atoms with Crippen LogP contribution in [0.3, 0.4) is 0 Å². The number of hydrogen-bond acceptors (Lipinski definition) is 4. The van der Waals surface area contributed by atoms with E-state index < -0.39 is 0 Å². The largest absolute Gasteiger partial charge is 0.423 e. The van der Waals surface area contributed by atoms with E-state index in [1.54, 1.807) is 19.9 Å². The highest BCUT2D eigenvalue weighted by atomic mass is 16.6. The van der Waals surface area contributed by atoms with Crippen LogP contribution in [-0.2, 0) is 16.0 Å². The van der Waals surface area contributed by atoms with Gasteiger partial charge in [0.1, 0.15) is 0 Å².